The molecule has 3 rings (SSSR count). The average Bonchev–Trinajstić information content (AvgIpc) is 2.68. The van der Waals surface area contributed by atoms with Gasteiger partial charge in [0.05, 0.1) is 5.69 Å². The highest BCUT2D eigenvalue weighted by atomic mass is 16.2. The smallest absolute Gasteiger partial charge is 0.219 e. The lowest BCUT2D eigenvalue weighted by atomic mass is 10.0. The van der Waals surface area contributed by atoms with Gasteiger partial charge < -0.3 is 9.47 Å². The van der Waals surface area contributed by atoms with Crippen molar-refractivity contribution in [3.8, 4) is 0 Å². The summed E-state index contributed by atoms with van der Waals surface area (Å²) in [7, 11) is 1.93. The van der Waals surface area contributed by atoms with Gasteiger partial charge in [-0.25, -0.2) is 0 Å². The molecule has 20 heavy (non-hydrogen) atoms. The van der Waals surface area contributed by atoms with E-state index < -0.39 is 0 Å². The predicted molar refractivity (Wildman–Crippen MR) is 77.6 cm³/mol. The molecule has 1 aliphatic rings. The number of hydrogen-bond acceptors (Lipinski definition) is 2. The van der Waals surface area contributed by atoms with Crippen molar-refractivity contribution in [2.45, 2.75) is 26.3 Å². The number of hydrogen-bond donors (Lipinski definition) is 0. The van der Waals surface area contributed by atoms with Crippen LogP contribution < -0.4 is 0 Å². The molecule has 0 saturated heterocycles. The molecule has 4 heteroatoms. The summed E-state index contributed by atoms with van der Waals surface area (Å²) in [4.78, 5) is 26.0. The number of para-hydroxylation sites is 1. The third kappa shape index (κ3) is 1.92. The van der Waals surface area contributed by atoms with Crippen LogP contribution in [-0.2, 0) is 18.4 Å². The quantitative estimate of drug-likeness (QED) is 0.738. The summed E-state index contributed by atoms with van der Waals surface area (Å²) in [5.74, 6) is 0.250. The maximum Gasteiger partial charge on any atom is 0.219 e. The van der Waals surface area contributed by atoms with Crippen molar-refractivity contribution >= 4 is 22.6 Å². The Morgan fingerprint density at radius 3 is 2.75 bits per heavy atom. The monoisotopic (exact) mass is 270 g/mol. The second kappa shape index (κ2) is 4.78. The molecule has 0 spiro atoms. The van der Waals surface area contributed by atoms with Gasteiger partial charge in [-0.05, 0) is 12.5 Å². The molecule has 2 aromatic rings. The molecule has 4 nitrogen and oxygen atoms in total. The molecule has 1 aromatic heterocycles. The number of aromatic nitrogens is 1. The van der Waals surface area contributed by atoms with E-state index in [1.165, 1.54) is 0 Å². The first-order chi connectivity index (χ1) is 9.59. The number of nitrogens with zero attached hydrogens (tertiary/aromatic N) is 2. The minimum Gasteiger partial charge on any atom is -0.341 e. The number of aryl methyl sites for hydroxylation is 1. The van der Waals surface area contributed by atoms with Gasteiger partial charge in [0.15, 0.2) is 5.78 Å². The van der Waals surface area contributed by atoms with Crippen molar-refractivity contribution in [1.82, 2.24) is 9.47 Å². The van der Waals surface area contributed by atoms with Gasteiger partial charge in [-0.2, -0.15) is 0 Å². The van der Waals surface area contributed by atoms with Gasteiger partial charge in [0, 0.05) is 49.9 Å². The minimum atomic E-state index is 0.0678. The van der Waals surface area contributed by atoms with E-state index in [1.807, 2.05) is 40.8 Å². The van der Waals surface area contributed by atoms with Crippen LogP contribution in [0.3, 0.4) is 0 Å². The summed E-state index contributed by atoms with van der Waals surface area (Å²) in [6.07, 6.45) is 1.24. The first-order valence-electron chi connectivity index (χ1n) is 6.94. The van der Waals surface area contributed by atoms with Crippen molar-refractivity contribution < 1.29 is 9.59 Å². The van der Waals surface area contributed by atoms with Gasteiger partial charge in [0.2, 0.25) is 5.91 Å². The fraction of sp³-hybridized carbons (Fsp3) is 0.375. The van der Waals surface area contributed by atoms with Crippen LogP contribution in [0.25, 0.3) is 10.9 Å². The molecule has 104 valence electrons. The van der Waals surface area contributed by atoms with Crippen molar-refractivity contribution in [2.24, 2.45) is 7.05 Å². The third-order valence-corrected chi connectivity index (χ3v) is 4.10. The molecule has 0 unspecified atom stereocenters. The first-order valence-corrected chi connectivity index (χ1v) is 6.94. The number of Topliss-reactive ketones (excluding diaryl/α,β-unsaturated/α-hetero) is 1. The molecule has 0 fully saturated rings. The Morgan fingerprint density at radius 1 is 1.25 bits per heavy atom. The molecule has 1 amide bonds. The van der Waals surface area contributed by atoms with Crippen molar-refractivity contribution in [3.05, 3.63) is 35.5 Å². The van der Waals surface area contributed by atoms with Crippen molar-refractivity contribution in [3.63, 3.8) is 0 Å². The Labute approximate surface area is 118 Å². The van der Waals surface area contributed by atoms with E-state index in [4.69, 9.17) is 0 Å². The van der Waals surface area contributed by atoms with E-state index >= 15 is 0 Å². The summed E-state index contributed by atoms with van der Waals surface area (Å²) in [6.45, 7) is 2.77. The van der Waals surface area contributed by atoms with E-state index in [0.717, 1.165) is 28.6 Å². The van der Waals surface area contributed by atoms with Crippen molar-refractivity contribution in [2.75, 3.05) is 6.54 Å². The van der Waals surface area contributed by atoms with Crippen LogP contribution in [0.15, 0.2) is 24.3 Å². The highest BCUT2D eigenvalue weighted by Crippen LogP contribution is 2.29. The van der Waals surface area contributed by atoms with Gasteiger partial charge in [0.1, 0.15) is 0 Å². The standard InChI is InChI=1S/C16H18N2O2/c1-11(19)18-9-5-8-15(20)16-13(10-18)12-6-3-4-7-14(12)17(16)2/h3-4,6-7H,5,8-10H2,1-2H3. The summed E-state index contributed by atoms with van der Waals surface area (Å²) >= 11 is 0. The molecule has 1 aliphatic heterocycles. The van der Waals surface area contributed by atoms with E-state index in [2.05, 4.69) is 0 Å². The van der Waals surface area contributed by atoms with Crippen LogP contribution in [0.4, 0.5) is 0 Å². The number of benzene rings is 1. The number of ketones is 1. The van der Waals surface area contributed by atoms with E-state index in [0.29, 0.717) is 19.5 Å². The van der Waals surface area contributed by atoms with Gasteiger partial charge >= 0.3 is 0 Å². The molecule has 0 N–H and O–H groups in total. The zero-order valence-corrected chi connectivity index (χ0v) is 11.8. The zero-order chi connectivity index (χ0) is 14.3. The van der Waals surface area contributed by atoms with Gasteiger partial charge in [-0.15, -0.1) is 0 Å². The fourth-order valence-corrected chi connectivity index (χ4v) is 3.07. The number of fused-ring (bicyclic) bond motifs is 3. The Morgan fingerprint density at radius 2 is 2.00 bits per heavy atom. The van der Waals surface area contributed by atoms with Gasteiger partial charge in [0.25, 0.3) is 0 Å². The van der Waals surface area contributed by atoms with Gasteiger partial charge in [-0.3, -0.25) is 9.59 Å². The molecule has 0 radical (unpaired) electrons. The maximum atomic E-state index is 12.4. The van der Waals surface area contributed by atoms with Gasteiger partial charge in [-0.1, -0.05) is 18.2 Å². The molecule has 0 atom stereocenters. The number of rotatable bonds is 0. The summed E-state index contributed by atoms with van der Waals surface area (Å²) < 4.78 is 1.97. The van der Waals surface area contributed by atoms with Crippen LogP contribution in [0.1, 0.15) is 35.8 Å². The largest absolute Gasteiger partial charge is 0.341 e. The lowest BCUT2D eigenvalue weighted by Gasteiger charge is -2.23. The number of carbonyl (C=O) groups excluding carboxylic acids is 2. The summed E-state index contributed by atoms with van der Waals surface area (Å²) in [5, 5.41) is 1.08. The van der Waals surface area contributed by atoms with E-state index in [1.54, 1.807) is 6.92 Å². The molecule has 2 heterocycles. The fourth-order valence-electron chi connectivity index (χ4n) is 3.07. The van der Waals surface area contributed by atoms with Crippen LogP contribution in [-0.4, -0.2) is 27.7 Å². The SMILES string of the molecule is CC(=O)N1CCCC(=O)c2c(c3ccccc3n2C)C1. The Bertz CT molecular complexity index is 700. The Kier molecular flexibility index (Phi) is 3.08. The topological polar surface area (TPSA) is 42.3 Å². The zero-order valence-electron chi connectivity index (χ0n) is 11.8. The van der Waals surface area contributed by atoms with Crippen LogP contribution in [0.5, 0.6) is 0 Å². The summed E-state index contributed by atoms with van der Waals surface area (Å²) in [5.41, 5.74) is 2.80. The predicted octanol–water partition coefficient (Wildman–Crippen LogP) is 2.50. The maximum absolute atomic E-state index is 12.4. The highest BCUT2D eigenvalue weighted by Gasteiger charge is 2.25. The molecule has 0 bridgehead atoms. The van der Waals surface area contributed by atoms with E-state index in [9.17, 15) is 9.59 Å². The lowest BCUT2D eigenvalue weighted by molar-refractivity contribution is -0.129. The molecule has 1 aromatic carbocycles. The van der Waals surface area contributed by atoms with Crippen LogP contribution in [0, 0.1) is 0 Å². The normalized spacial score (nSPS) is 15.9. The molecular formula is C16H18N2O2. The number of carbonyl (C=O) groups is 2. The molecule has 0 aliphatic carbocycles. The third-order valence-electron chi connectivity index (χ3n) is 4.10. The van der Waals surface area contributed by atoms with Crippen LogP contribution in [0.2, 0.25) is 0 Å². The Balaban J connectivity index is 2.24. The summed E-state index contributed by atoms with van der Waals surface area (Å²) in [6, 6.07) is 8.00. The van der Waals surface area contributed by atoms with E-state index in [-0.39, 0.29) is 11.7 Å². The average molecular weight is 270 g/mol. The van der Waals surface area contributed by atoms with Crippen molar-refractivity contribution in [1.29, 1.82) is 0 Å². The number of amides is 1. The Hall–Kier alpha value is -2.10. The molecular weight excluding hydrogens is 252 g/mol. The minimum absolute atomic E-state index is 0.0678. The highest BCUT2D eigenvalue weighted by molar-refractivity contribution is 6.03. The van der Waals surface area contributed by atoms with Crippen LogP contribution >= 0.6 is 0 Å². The second-order valence-electron chi connectivity index (χ2n) is 5.37. The molecule has 0 saturated carbocycles. The lowest BCUT2D eigenvalue weighted by Crippen LogP contribution is -2.32. The second-order valence-corrected chi connectivity index (χ2v) is 5.37. The first kappa shape index (κ1) is 12.9.